The molecule has 1 aliphatic rings. The highest BCUT2D eigenvalue weighted by Crippen LogP contribution is 2.27. The maximum Gasteiger partial charge on any atom is 0.269 e. The third-order valence-electron chi connectivity index (χ3n) is 5.05. The molecule has 0 radical (unpaired) electrons. The second kappa shape index (κ2) is 8.58. The van der Waals surface area contributed by atoms with E-state index in [0.717, 1.165) is 5.56 Å². The topological polar surface area (TPSA) is 110 Å². The molecule has 0 amide bonds. The van der Waals surface area contributed by atoms with E-state index in [1.54, 1.807) is 6.07 Å². The highest BCUT2D eigenvalue weighted by molar-refractivity contribution is 7.89. The molecule has 31 heavy (non-hydrogen) atoms. The van der Waals surface area contributed by atoms with Crippen LogP contribution in [0.2, 0.25) is 5.02 Å². The number of piperazine rings is 1. The van der Waals surface area contributed by atoms with E-state index in [2.05, 4.69) is 10.2 Å². The lowest BCUT2D eigenvalue weighted by Gasteiger charge is -2.34. The van der Waals surface area contributed by atoms with Crippen molar-refractivity contribution in [3.05, 3.63) is 75.8 Å². The monoisotopic (exact) mass is 459 g/mol. The molecule has 0 bridgehead atoms. The minimum atomic E-state index is -3.72. The molecule has 3 aromatic rings. The molecule has 0 aliphatic carbocycles. The van der Waals surface area contributed by atoms with E-state index >= 15 is 0 Å². The number of anilines is 1. The van der Waals surface area contributed by atoms with Gasteiger partial charge in [-0.1, -0.05) is 29.8 Å². The predicted octanol–water partition coefficient (Wildman–Crippen LogP) is 3.22. The summed E-state index contributed by atoms with van der Waals surface area (Å²) in [6.45, 7) is 1.44. The molecule has 0 unspecified atom stereocenters. The van der Waals surface area contributed by atoms with Gasteiger partial charge in [0.25, 0.3) is 5.69 Å². The van der Waals surface area contributed by atoms with Crippen molar-refractivity contribution in [1.82, 2.24) is 14.5 Å². The Morgan fingerprint density at radius 1 is 0.903 bits per heavy atom. The molecule has 0 N–H and O–H groups in total. The van der Waals surface area contributed by atoms with E-state index in [9.17, 15) is 18.5 Å². The standard InChI is InChI=1S/C20H18ClN5O4S/c21-18-4-2-1-3-17(18)19-9-10-20(23-22-19)24-11-13-25(14-12-24)31(29,30)16-7-5-15(6-8-16)26(27)28/h1-10H,11-14H2. The van der Waals surface area contributed by atoms with Crippen LogP contribution in [0, 0.1) is 10.1 Å². The van der Waals surface area contributed by atoms with E-state index in [1.807, 2.05) is 35.2 Å². The molecule has 1 fully saturated rings. The first-order valence-electron chi connectivity index (χ1n) is 9.44. The van der Waals surface area contributed by atoms with Crippen molar-refractivity contribution in [3.63, 3.8) is 0 Å². The SMILES string of the molecule is O=[N+]([O-])c1ccc(S(=O)(=O)N2CCN(c3ccc(-c4ccccc4Cl)nn3)CC2)cc1. The van der Waals surface area contributed by atoms with Gasteiger partial charge in [0.2, 0.25) is 10.0 Å². The van der Waals surface area contributed by atoms with Crippen LogP contribution in [-0.4, -0.2) is 54.0 Å². The van der Waals surface area contributed by atoms with Crippen molar-refractivity contribution in [2.24, 2.45) is 0 Å². The number of rotatable bonds is 5. The number of nitro benzene ring substituents is 1. The van der Waals surface area contributed by atoms with Crippen molar-refractivity contribution in [2.75, 3.05) is 31.1 Å². The number of halogens is 1. The average Bonchev–Trinajstić information content (AvgIpc) is 2.80. The summed E-state index contributed by atoms with van der Waals surface area (Å²) in [5.41, 5.74) is 1.30. The summed E-state index contributed by atoms with van der Waals surface area (Å²) in [5.74, 6) is 0.656. The van der Waals surface area contributed by atoms with Gasteiger partial charge in [0, 0.05) is 43.9 Å². The zero-order valence-corrected chi connectivity index (χ0v) is 17.8. The van der Waals surface area contributed by atoms with E-state index in [-0.39, 0.29) is 23.7 Å². The fraction of sp³-hybridized carbons (Fsp3) is 0.200. The maximum absolute atomic E-state index is 12.8. The normalized spacial score (nSPS) is 15.1. The number of nitro groups is 1. The number of sulfonamides is 1. The van der Waals surface area contributed by atoms with Gasteiger partial charge in [0.1, 0.15) is 0 Å². The summed E-state index contributed by atoms with van der Waals surface area (Å²) in [6.07, 6.45) is 0. The van der Waals surface area contributed by atoms with Gasteiger partial charge in [0.05, 0.1) is 20.5 Å². The molecule has 9 nitrogen and oxygen atoms in total. The third-order valence-corrected chi connectivity index (χ3v) is 7.29. The van der Waals surface area contributed by atoms with Crippen molar-refractivity contribution >= 4 is 33.1 Å². The van der Waals surface area contributed by atoms with Gasteiger partial charge in [-0.15, -0.1) is 10.2 Å². The van der Waals surface area contributed by atoms with Gasteiger partial charge < -0.3 is 4.90 Å². The van der Waals surface area contributed by atoms with Gasteiger partial charge in [-0.05, 0) is 30.3 Å². The molecule has 2 aromatic carbocycles. The molecule has 2 heterocycles. The summed E-state index contributed by atoms with van der Waals surface area (Å²) in [5, 5.41) is 19.9. The molecule has 1 aliphatic heterocycles. The third kappa shape index (κ3) is 4.36. The minimum Gasteiger partial charge on any atom is -0.352 e. The Labute approximate surface area is 184 Å². The number of non-ortho nitro benzene ring substituents is 1. The van der Waals surface area contributed by atoms with Crippen LogP contribution in [0.3, 0.4) is 0 Å². The van der Waals surface area contributed by atoms with Gasteiger partial charge in [-0.25, -0.2) is 8.42 Å². The van der Waals surface area contributed by atoms with Crippen molar-refractivity contribution in [2.45, 2.75) is 4.90 Å². The molecule has 1 saturated heterocycles. The van der Waals surface area contributed by atoms with E-state index < -0.39 is 14.9 Å². The molecule has 0 saturated carbocycles. The Balaban J connectivity index is 1.43. The predicted molar refractivity (Wildman–Crippen MR) is 117 cm³/mol. The van der Waals surface area contributed by atoms with E-state index in [0.29, 0.717) is 29.6 Å². The van der Waals surface area contributed by atoms with E-state index in [1.165, 1.54) is 28.6 Å². The van der Waals surface area contributed by atoms with Crippen molar-refractivity contribution in [3.8, 4) is 11.3 Å². The molecular formula is C20H18ClN5O4S. The van der Waals surface area contributed by atoms with Crippen LogP contribution in [-0.2, 0) is 10.0 Å². The fourth-order valence-corrected chi connectivity index (χ4v) is 5.01. The lowest BCUT2D eigenvalue weighted by molar-refractivity contribution is -0.384. The molecule has 160 valence electrons. The van der Waals surface area contributed by atoms with E-state index in [4.69, 9.17) is 11.6 Å². The van der Waals surface area contributed by atoms with Gasteiger partial charge in [0.15, 0.2) is 5.82 Å². The Hall–Kier alpha value is -3.08. The molecule has 0 atom stereocenters. The smallest absolute Gasteiger partial charge is 0.269 e. The number of nitrogens with zero attached hydrogens (tertiary/aromatic N) is 5. The Kier molecular flexibility index (Phi) is 5.86. The van der Waals surface area contributed by atoms with Gasteiger partial charge in [-0.3, -0.25) is 10.1 Å². The lowest BCUT2D eigenvalue weighted by atomic mass is 10.1. The quantitative estimate of drug-likeness (QED) is 0.425. The number of benzene rings is 2. The Morgan fingerprint density at radius 3 is 2.16 bits per heavy atom. The number of hydrogen-bond acceptors (Lipinski definition) is 7. The second-order valence-corrected chi connectivity index (χ2v) is 9.24. The largest absolute Gasteiger partial charge is 0.352 e. The van der Waals surface area contributed by atoms with Crippen LogP contribution in [0.4, 0.5) is 11.5 Å². The fourth-order valence-electron chi connectivity index (χ4n) is 3.35. The summed E-state index contributed by atoms with van der Waals surface area (Å²) in [7, 11) is -3.72. The van der Waals surface area contributed by atoms with Crippen LogP contribution in [0.1, 0.15) is 0 Å². The minimum absolute atomic E-state index is 0.0374. The highest BCUT2D eigenvalue weighted by Gasteiger charge is 2.29. The number of hydrogen-bond donors (Lipinski definition) is 0. The summed E-state index contributed by atoms with van der Waals surface area (Å²) in [6, 6.07) is 16.0. The number of aromatic nitrogens is 2. The summed E-state index contributed by atoms with van der Waals surface area (Å²) < 4.78 is 27.1. The Bertz CT molecular complexity index is 1190. The summed E-state index contributed by atoms with van der Waals surface area (Å²) in [4.78, 5) is 12.2. The van der Waals surface area contributed by atoms with Gasteiger partial charge >= 0.3 is 0 Å². The van der Waals surface area contributed by atoms with Crippen LogP contribution < -0.4 is 4.90 Å². The molecule has 11 heteroatoms. The molecular weight excluding hydrogens is 442 g/mol. The molecule has 1 aromatic heterocycles. The zero-order chi connectivity index (χ0) is 22.0. The first-order valence-corrected chi connectivity index (χ1v) is 11.3. The van der Waals surface area contributed by atoms with Crippen molar-refractivity contribution in [1.29, 1.82) is 0 Å². The molecule has 0 spiro atoms. The lowest BCUT2D eigenvalue weighted by Crippen LogP contribution is -2.48. The first kappa shape index (κ1) is 21.2. The van der Waals surface area contributed by atoms with Crippen LogP contribution in [0.25, 0.3) is 11.3 Å². The maximum atomic E-state index is 12.8. The first-order chi connectivity index (χ1) is 14.9. The second-order valence-electron chi connectivity index (χ2n) is 6.90. The van der Waals surface area contributed by atoms with Crippen LogP contribution >= 0.6 is 11.6 Å². The zero-order valence-electron chi connectivity index (χ0n) is 16.3. The Morgan fingerprint density at radius 2 is 1.58 bits per heavy atom. The van der Waals surface area contributed by atoms with Crippen LogP contribution in [0.15, 0.2) is 65.6 Å². The van der Waals surface area contributed by atoms with Crippen LogP contribution in [0.5, 0.6) is 0 Å². The molecule has 4 rings (SSSR count). The summed E-state index contributed by atoms with van der Waals surface area (Å²) >= 11 is 6.21. The van der Waals surface area contributed by atoms with Gasteiger partial charge in [-0.2, -0.15) is 4.31 Å². The highest BCUT2D eigenvalue weighted by atomic mass is 35.5. The average molecular weight is 460 g/mol. The van der Waals surface area contributed by atoms with Crippen molar-refractivity contribution < 1.29 is 13.3 Å².